The fraction of sp³-hybridized carbons (Fsp3) is 0.360. The molecule has 0 bridgehead atoms. The summed E-state index contributed by atoms with van der Waals surface area (Å²) in [6.07, 6.45) is 5.18. The minimum absolute atomic E-state index is 0.0326. The Morgan fingerprint density at radius 2 is 2.10 bits per heavy atom. The zero-order valence-electron chi connectivity index (χ0n) is 21.4. The normalized spacial score (nSPS) is 22.8. The lowest BCUT2D eigenvalue weighted by molar-refractivity contribution is -0.150. The number of hydrogen-bond acceptors (Lipinski definition) is 9. The summed E-state index contributed by atoms with van der Waals surface area (Å²) >= 11 is 14.8. The number of nitrogens with two attached hydrogens (primary N) is 1. The van der Waals surface area contributed by atoms with E-state index in [-0.39, 0.29) is 23.5 Å². The molecule has 1 unspecified atom stereocenters. The van der Waals surface area contributed by atoms with E-state index >= 15 is 0 Å². The lowest BCUT2D eigenvalue weighted by Crippen LogP contribution is -2.70. The number of rotatable bonds is 9. The van der Waals surface area contributed by atoms with Gasteiger partial charge in [-0.05, 0) is 30.7 Å². The highest BCUT2D eigenvalue weighted by Gasteiger charge is 2.53. The highest BCUT2D eigenvalue weighted by molar-refractivity contribution is 8.00. The van der Waals surface area contributed by atoms with E-state index in [9.17, 15) is 19.5 Å². The van der Waals surface area contributed by atoms with E-state index in [1.54, 1.807) is 30.4 Å². The van der Waals surface area contributed by atoms with Crippen molar-refractivity contribution >= 4 is 70.3 Å². The summed E-state index contributed by atoms with van der Waals surface area (Å²) in [5.41, 5.74) is 6.37. The Hall–Kier alpha value is -2.80. The van der Waals surface area contributed by atoms with Crippen LogP contribution < -0.4 is 11.1 Å². The van der Waals surface area contributed by atoms with Crippen LogP contribution in [-0.4, -0.2) is 93.2 Å². The number of nitrogens with one attached hydrogen (secondary N) is 1. The van der Waals surface area contributed by atoms with E-state index in [1.165, 1.54) is 28.4 Å². The molecule has 0 aliphatic carbocycles. The maximum Gasteiger partial charge on any atom is 0.352 e. The third kappa shape index (κ3) is 6.34. The fourth-order valence-electron chi connectivity index (χ4n) is 4.39. The maximum absolute atomic E-state index is 13.0. The van der Waals surface area contributed by atoms with Crippen molar-refractivity contribution in [3.8, 4) is 0 Å². The number of aliphatic imine (C=N–C) groups is 1. The molecular formula is C25H28Cl2N6O4S2. The molecule has 0 saturated carbocycles. The summed E-state index contributed by atoms with van der Waals surface area (Å²) < 4.78 is 0. The number of carboxylic acids is 1. The number of carbonyl (C=O) groups is 3. The second-order valence-corrected chi connectivity index (χ2v) is 12.1. The maximum atomic E-state index is 13.0. The number of carboxylic acid groups (broad SMARTS) is 1. The Kier molecular flexibility index (Phi) is 9.10. The molecule has 0 spiro atoms. The standard InChI is InChI=1S/C25H28Cl2N6O4S2/c1-13-29-18(28)10-20(31(2)3)32(13)8-4-5-14-11-39-24-21(23(35)33(24)22(14)25(36)37)30-19(34)12-38-17-9-15(26)6-7-16(17)27/h4-7,9-10,13,21,24H,8,11-12H2,1-3H3,(H2,28,29)(H,30,34)(H,36,37)/b5-4+/t13?,21-,24-/m1/s1. The van der Waals surface area contributed by atoms with Crippen LogP contribution in [0.15, 0.2) is 63.4 Å². The van der Waals surface area contributed by atoms with Gasteiger partial charge in [0.2, 0.25) is 5.91 Å². The Bertz CT molecular complexity index is 1320. The van der Waals surface area contributed by atoms with Gasteiger partial charge < -0.3 is 26.0 Å². The van der Waals surface area contributed by atoms with Crippen LogP contribution in [0, 0.1) is 0 Å². The molecule has 39 heavy (non-hydrogen) atoms. The predicted octanol–water partition coefficient (Wildman–Crippen LogP) is 2.80. The summed E-state index contributed by atoms with van der Waals surface area (Å²) in [5.74, 6) is -0.263. The van der Waals surface area contributed by atoms with Crippen LogP contribution in [0.1, 0.15) is 6.92 Å². The first-order chi connectivity index (χ1) is 18.5. The van der Waals surface area contributed by atoms with Crippen molar-refractivity contribution in [3.63, 3.8) is 0 Å². The number of β-lactam (4-membered cyclic amide) rings is 1. The number of thioether (sulfide) groups is 2. The SMILES string of the molecule is CC1N=C(N)C=C(N(C)C)N1C/C=C/C1=C(C(=O)O)N2C(=O)[C@@H](NC(=O)CSc3cc(Cl)ccc3Cl)[C@H]2SC1. The first kappa shape index (κ1) is 29.2. The summed E-state index contributed by atoms with van der Waals surface area (Å²) in [5, 5.41) is 13.2. The number of hydrogen-bond donors (Lipinski definition) is 3. The van der Waals surface area contributed by atoms with Crippen molar-refractivity contribution in [1.82, 2.24) is 20.0 Å². The highest BCUT2D eigenvalue weighted by atomic mass is 35.5. The predicted molar refractivity (Wildman–Crippen MR) is 156 cm³/mol. The Labute approximate surface area is 244 Å². The molecule has 208 valence electrons. The molecule has 1 aromatic carbocycles. The fourth-order valence-corrected chi connectivity index (χ4v) is 7.01. The Morgan fingerprint density at radius 1 is 1.36 bits per heavy atom. The van der Waals surface area contributed by atoms with Crippen molar-refractivity contribution < 1.29 is 19.5 Å². The zero-order valence-corrected chi connectivity index (χ0v) is 24.6. The molecule has 3 aliphatic heterocycles. The highest BCUT2D eigenvalue weighted by Crippen LogP contribution is 2.41. The van der Waals surface area contributed by atoms with Crippen LogP contribution in [-0.2, 0) is 14.4 Å². The summed E-state index contributed by atoms with van der Waals surface area (Å²) in [4.78, 5) is 48.0. The van der Waals surface area contributed by atoms with Crippen LogP contribution in [0.4, 0.5) is 0 Å². The Balaban J connectivity index is 1.41. The van der Waals surface area contributed by atoms with E-state index in [0.29, 0.717) is 38.6 Å². The number of carbonyl (C=O) groups excluding carboxylic acids is 2. The van der Waals surface area contributed by atoms with Gasteiger partial charge in [-0.25, -0.2) is 9.79 Å². The molecule has 3 aliphatic rings. The quantitative estimate of drug-likeness (QED) is 0.285. The molecule has 10 nitrogen and oxygen atoms in total. The van der Waals surface area contributed by atoms with E-state index in [2.05, 4.69) is 10.3 Å². The first-order valence-corrected chi connectivity index (χ1v) is 14.7. The summed E-state index contributed by atoms with van der Waals surface area (Å²) in [6, 6.07) is 4.17. The molecular weight excluding hydrogens is 583 g/mol. The number of aliphatic carboxylic acids is 1. The lowest BCUT2D eigenvalue weighted by Gasteiger charge is -2.49. The van der Waals surface area contributed by atoms with Gasteiger partial charge in [-0.3, -0.25) is 14.5 Å². The topological polar surface area (TPSA) is 132 Å². The largest absolute Gasteiger partial charge is 0.477 e. The van der Waals surface area contributed by atoms with Crippen LogP contribution in [0.3, 0.4) is 0 Å². The molecule has 14 heteroatoms. The van der Waals surface area contributed by atoms with E-state index in [4.69, 9.17) is 28.9 Å². The molecule has 3 heterocycles. The second kappa shape index (κ2) is 12.2. The number of fused-ring (bicyclic) bond motifs is 1. The van der Waals surface area contributed by atoms with Crippen LogP contribution in [0.25, 0.3) is 0 Å². The van der Waals surface area contributed by atoms with Crippen molar-refractivity contribution in [2.24, 2.45) is 10.7 Å². The third-order valence-corrected chi connectivity index (χ3v) is 9.24. The third-order valence-electron chi connectivity index (χ3n) is 6.21. The van der Waals surface area contributed by atoms with Gasteiger partial charge in [0.1, 0.15) is 34.9 Å². The number of nitrogens with zero attached hydrogens (tertiary/aromatic N) is 4. The van der Waals surface area contributed by atoms with Gasteiger partial charge in [0.05, 0.1) is 10.8 Å². The number of amides is 2. The zero-order chi connectivity index (χ0) is 28.4. The molecule has 1 saturated heterocycles. The lowest BCUT2D eigenvalue weighted by atomic mass is 10.0. The second-order valence-electron chi connectivity index (χ2n) is 9.13. The van der Waals surface area contributed by atoms with Gasteiger partial charge in [-0.1, -0.05) is 35.4 Å². The van der Waals surface area contributed by atoms with Crippen molar-refractivity contribution in [1.29, 1.82) is 0 Å². The van der Waals surface area contributed by atoms with Crippen molar-refractivity contribution in [2.45, 2.75) is 29.4 Å². The van der Waals surface area contributed by atoms with Gasteiger partial charge in [-0.2, -0.15) is 0 Å². The molecule has 3 atom stereocenters. The number of halogens is 2. The molecule has 1 fully saturated rings. The van der Waals surface area contributed by atoms with Gasteiger partial charge in [0.15, 0.2) is 0 Å². The smallest absolute Gasteiger partial charge is 0.352 e. The monoisotopic (exact) mass is 610 g/mol. The van der Waals surface area contributed by atoms with Gasteiger partial charge in [-0.15, -0.1) is 23.5 Å². The van der Waals surface area contributed by atoms with Crippen molar-refractivity contribution in [3.05, 3.63) is 63.6 Å². The molecule has 0 aromatic heterocycles. The molecule has 4 rings (SSSR count). The van der Waals surface area contributed by atoms with Gasteiger partial charge in [0, 0.05) is 42.4 Å². The Morgan fingerprint density at radius 3 is 2.79 bits per heavy atom. The first-order valence-electron chi connectivity index (χ1n) is 11.9. The average Bonchev–Trinajstić information content (AvgIpc) is 2.88. The van der Waals surface area contributed by atoms with E-state index < -0.39 is 23.3 Å². The minimum atomic E-state index is -1.19. The van der Waals surface area contributed by atoms with Crippen molar-refractivity contribution in [2.75, 3.05) is 32.1 Å². The molecule has 2 amide bonds. The van der Waals surface area contributed by atoms with Crippen LogP contribution in [0.5, 0.6) is 0 Å². The van der Waals surface area contributed by atoms with E-state index in [0.717, 1.165) is 5.82 Å². The average molecular weight is 612 g/mol. The van der Waals surface area contributed by atoms with Gasteiger partial charge >= 0.3 is 5.97 Å². The number of amidine groups is 1. The summed E-state index contributed by atoms with van der Waals surface area (Å²) in [6.45, 7) is 2.39. The van der Waals surface area contributed by atoms with E-state index in [1.807, 2.05) is 36.9 Å². The number of benzene rings is 1. The van der Waals surface area contributed by atoms with Crippen LogP contribution in [0.2, 0.25) is 10.0 Å². The molecule has 1 aromatic rings. The minimum Gasteiger partial charge on any atom is -0.477 e. The number of allylic oxidation sites excluding steroid dienone is 1. The molecule has 0 radical (unpaired) electrons. The van der Waals surface area contributed by atoms with Gasteiger partial charge in [0.25, 0.3) is 5.91 Å². The molecule has 4 N–H and O–H groups in total. The summed E-state index contributed by atoms with van der Waals surface area (Å²) in [7, 11) is 3.82. The van der Waals surface area contributed by atoms with Crippen LogP contribution >= 0.6 is 46.7 Å².